The topological polar surface area (TPSA) is 18.5 Å². The van der Waals surface area contributed by atoms with Gasteiger partial charge in [-0.15, -0.1) is 0 Å². The molecule has 0 atom stereocenters. The molecule has 0 spiro atoms. The van der Waals surface area contributed by atoms with E-state index in [9.17, 15) is 0 Å². The van der Waals surface area contributed by atoms with Gasteiger partial charge in [0.1, 0.15) is 0 Å². The summed E-state index contributed by atoms with van der Waals surface area (Å²) in [6.07, 6.45) is 2.79. The van der Waals surface area contributed by atoms with Crippen molar-refractivity contribution in [1.29, 1.82) is 0 Å². The molecule has 4 heteroatoms. The van der Waals surface area contributed by atoms with E-state index in [-0.39, 0.29) is 0 Å². The maximum absolute atomic E-state index is 5.34. The second-order valence-corrected chi connectivity index (χ2v) is 3.82. The van der Waals surface area contributed by atoms with Crippen LogP contribution in [-0.4, -0.2) is 17.2 Å². The molecular formula is C9H16O2S2. The first-order chi connectivity index (χ1) is 6.15. The zero-order valence-corrected chi connectivity index (χ0v) is 10.2. The van der Waals surface area contributed by atoms with Crippen LogP contribution in [0, 0.1) is 0 Å². The van der Waals surface area contributed by atoms with Crippen LogP contribution in [0.2, 0.25) is 0 Å². The summed E-state index contributed by atoms with van der Waals surface area (Å²) in [4.78, 5) is 0. The van der Waals surface area contributed by atoms with Crippen LogP contribution in [0.1, 0.15) is 27.2 Å². The summed E-state index contributed by atoms with van der Waals surface area (Å²) < 4.78 is 11.2. The first-order valence-corrected chi connectivity index (χ1v) is 5.87. The van der Waals surface area contributed by atoms with E-state index in [4.69, 9.17) is 21.7 Å². The van der Waals surface area contributed by atoms with Crippen LogP contribution in [0.15, 0.2) is 11.5 Å². The molecule has 0 aliphatic heterocycles. The maximum Gasteiger partial charge on any atom is 0.284 e. The maximum atomic E-state index is 5.34. The van der Waals surface area contributed by atoms with Gasteiger partial charge in [-0.1, -0.05) is 18.7 Å². The molecule has 0 rings (SSSR count). The minimum Gasteiger partial charge on any atom is -0.465 e. The van der Waals surface area contributed by atoms with Crippen LogP contribution in [0.3, 0.4) is 0 Å². The van der Waals surface area contributed by atoms with Crippen molar-refractivity contribution in [3.8, 4) is 0 Å². The van der Waals surface area contributed by atoms with Gasteiger partial charge in [0.25, 0.3) is 5.95 Å². The summed E-state index contributed by atoms with van der Waals surface area (Å²) >= 11 is 6.34. The van der Waals surface area contributed by atoms with Gasteiger partial charge < -0.3 is 9.47 Å². The molecular weight excluding hydrogens is 204 g/mol. The lowest BCUT2D eigenvalue weighted by Crippen LogP contribution is -2.03. The average molecular weight is 220 g/mol. The lowest BCUT2D eigenvalue weighted by molar-refractivity contribution is 0.109. The summed E-state index contributed by atoms with van der Waals surface area (Å²) in [5.41, 5.74) is 1.08. The standard InChI is InChI=1S/C9H16O2S2/c1-5-7(3)8(10-6-2)11-9(12)13-4/h5-6H2,1-4H3/b8-7+. The summed E-state index contributed by atoms with van der Waals surface area (Å²) in [5, 5.41) is 0. The molecule has 0 N–H and O–H groups in total. The second-order valence-electron chi connectivity index (χ2n) is 2.41. The number of thioether (sulfide) groups is 1. The highest BCUT2D eigenvalue weighted by Gasteiger charge is 2.06. The van der Waals surface area contributed by atoms with Gasteiger partial charge in [-0.3, -0.25) is 0 Å². The van der Waals surface area contributed by atoms with Crippen LogP contribution in [-0.2, 0) is 9.47 Å². The molecule has 0 heterocycles. The Morgan fingerprint density at radius 2 is 2.00 bits per heavy atom. The van der Waals surface area contributed by atoms with Gasteiger partial charge in [-0.25, -0.2) is 0 Å². The molecule has 0 aromatic heterocycles. The minimum absolute atomic E-state index is 0.497. The Balaban J connectivity index is 4.34. The van der Waals surface area contributed by atoms with Crippen molar-refractivity contribution in [2.24, 2.45) is 0 Å². The first kappa shape index (κ1) is 12.8. The summed E-state index contributed by atoms with van der Waals surface area (Å²) in [7, 11) is 0. The Morgan fingerprint density at radius 3 is 2.38 bits per heavy atom. The average Bonchev–Trinajstić information content (AvgIpc) is 2.15. The molecule has 0 saturated heterocycles. The Hall–Kier alpha value is -0.220. The van der Waals surface area contributed by atoms with Crippen molar-refractivity contribution in [2.45, 2.75) is 27.2 Å². The minimum atomic E-state index is 0.497. The molecule has 0 aliphatic carbocycles. The van der Waals surface area contributed by atoms with E-state index in [1.54, 1.807) is 0 Å². The van der Waals surface area contributed by atoms with E-state index in [0.29, 0.717) is 16.9 Å². The third kappa shape index (κ3) is 5.16. The van der Waals surface area contributed by atoms with E-state index < -0.39 is 0 Å². The molecule has 0 bridgehead atoms. The highest BCUT2D eigenvalue weighted by Crippen LogP contribution is 2.14. The fraction of sp³-hybridized carbons (Fsp3) is 0.667. The largest absolute Gasteiger partial charge is 0.465 e. The second kappa shape index (κ2) is 7.21. The van der Waals surface area contributed by atoms with Crippen molar-refractivity contribution < 1.29 is 9.47 Å². The lowest BCUT2D eigenvalue weighted by atomic mass is 10.2. The smallest absolute Gasteiger partial charge is 0.284 e. The number of rotatable bonds is 4. The van der Waals surface area contributed by atoms with Gasteiger partial charge in [0.15, 0.2) is 0 Å². The number of hydrogen-bond donors (Lipinski definition) is 0. The van der Waals surface area contributed by atoms with E-state index in [2.05, 4.69) is 6.92 Å². The third-order valence-electron chi connectivity index (χ3n) is 1.50. The highest BCUT2D eigenvalue weighted by atomic mass is 32.2. The Morgan fingerprint density at radius 1 is 1.38 bits per heavy atom. The van der Waals surface area contributed by atoms with Crippen molar-refractivity contribution in [3.63, 3.8) is 0 Å². The molecule has 0 saturated carbocycles. The van der Waals surface area contributed by atoms with E-state index >= 15 is 0 Å². The van der Waals surface area contributed by atoms with Gasteiger partial charge in [-0.05, 0) is 38.7 Å². The quantitative estimate of drug-likeness (QED) is 0.534. The summed E-state index contributed by atoms with van der Waals surface area (Å²) in [6.45, 7) is 6.56. The van der Waals surface area contributed by atoms with Crippen LogP contribution in [0.25, 0.3) is 0 Å². The normalized spacial score (nSPS) is 12.0. The summed E-state index contributed by atoms with van der Waals surface area (Å²) in [5.74, 6) is 0.560. The van der Waals surface area contributed by atoms with Crippen molar-refractivity contribution in [2.75, 3.05) is 12.9 Å². The number of ether oxygens (including phenoxy) is 2. The molecule has 0 aromatic rings. The zero-order valence-electron chi connectivity index (χ0n) is 8.55. The molecule has 0 unspecified atom stereocenters. The molecule has 0 amide bonds. The fourth-order valence-corrected chi connectivity index (χ4v) is 0.867. The van der Waals surface area contributed by atoms with E-state index in [0.717, 1.165) is 12.0 Å². The van der Waals surface area contributed by atoms with E-state index in [1.165, 1.54) is 11.8 Å². The number of allylic oxidation sites excluding steroid dienone is 1. The van der Waals surface area contributed by atoms with Gasteiger partial charge in [-0.2, -0.15) is 0 Å². The Kier molecular flexibility index (Phi) is 7.09. The van der Waals surface area contributed by atoms with Crippen LogP contribution >= 0.6 is 24.0 Å². The summed E-state index contributed by atoms with van der Waals surface area (Å²) in [6, 6.07) is 0. The van der Waals surface area contributed by atoms with Crippen LogP contribution < -0.4 is 0 Å². The predicted octanol–water partition coefficient (Wildman–Crippen LogP) is 3.33. The fourth-order valence-electron chi connectivity index (χ4n) is 0.633. The van der Waals surface area contributed by atoms with Gasteiger partial charge in [0.05, 0.1) is 6.61 Å². The molecule has 0 aromatic carbocycles. The highest BCUT2D eigenvalue weighted by molar-refractivity contribution is 8.22. The third-order valence-corrected chi connectivity index (χ3v) is 2.50. The zero-order chi connectivity index (χ0) is 10.3. The molecule has 2 nitrogen and oxygen atoms in total. The predicted molar refractivity (Wildman–Crippen MR) is 61.8 cm³/mol. The number of hydrogen-bond acceptors (Lipinski definition) is 4. The van der Waals surface area contributed by atoms with Gasteiger partial charge in [0.2, 0.25) is 4.38 Å². The molecule has 13 heavy (non-hydrogen) atoms. The van der Waals surface area contributed by atoms with E-state index in [1.807, 2.05) is 20.1 Å². The molecule has 76 valence electrons. The van der Waals surface area contributed by atoms with Crippen molar-refractivity contribution >= 4 is 28.4 Å². The molecule has 0 fully saturated rings. The molecule has 0 aliphatic rings. The van der Waals surface area contributed by atoms with Crippen molar-refractivity contribution in [3.05, 3.63) is 11.5 Å². The Labute approximate surface area is 89.7 Å². The van der Waals surface area contributed by atoms with Gasteiger partial charge in [0, 0.05) is 5.57 Å². The van der Waals surface area contributed by atoms with Crippen LogP contribution in [0.5, 0.6) is 0 Å². The van der Waals surface area contributed by atoms with Crippen molar-refractivity contribution in [1.82, 2.24) is 0 Å². The van der Waals surface area contributed by atoms with Gasteiger partial charge >= 0.3 is 0 Å². The van der Waals surface area contributed by atoms with Crippen LogP contribution in [0.4, 0.5) is 0 Å². The SMILES string of the molecule is CCO/C(OC(=S)SC)=C(/C)CC. The lowest BCUT2D eigenvalue weighted by Gasteiger charge is -2.11. The molecule has 0 radical (unpaired) electrons. The Bertz CT molecular complexity index is 200. The monoisotopic (exact) mass is 220 g/mol. The number of thiocarbonyl (C=S) groups is 1. The first-order valence-electron chi connectivity index (χ1n) is 4.24.